The van der Waals surface area contributed by atoms with Crippen molar-refractivity contribution in [2.24, 2.45) is 0 Å². The Hall–Kier alpha value is -4.07. The van der Waals surface area contributed by atoms with E-state index in [-0.39, 0.29) is 11.5 Å². The average Bonchev–Trinajstić information content (AvgIpc) is 3.25. The molecule has 0 saturated carbocycles. The number of nitrogens with one attached hydrogen (secondary N) is 1. The molecule has 0 fully saturated rings. The molecule has 4 aromatic rings. The Balaban J connectivity index is 1.69. The SMILES string of the molecule is COc1ccc(CNC(=O)c2nnn(-c3cccc(F)c3C)c2-c2cccnc2)cc1. The number of halogens is 1. The maximum atomic E-state index is 14.2. The Kier molecular flexibility index (Phi) is 5.70. The molecule has 2 aromatic carbocycles. The highest BCUT2D eigenvalue weighted by molar-refractivity contribution is 5.98. The highest BCUT2D eigenvalue weighted by Gasteiger charge is 2.23. The first-order valence-corrected chi connectivity index (χ1v) is 9.61. The van der Waals surface area contributed by atoms with Crippen LogP contribution in [0.5, 0.6) is 5.75 Å². The maximum absolute atomic E-state index is 14.2. The van der Waals surface area contributed by atoms with Crippen molar-refractivity contribution in [3.8, 4) is 22.7 Å². The van der Waals surface area contributed by atoms with Crippen molar-refractivity contribution >= 4 is 5.91 Å². The van der Waals surface area contributed by atoms with Crippen molar-refractivity contribution in [1.82, 2.24) is 25.3 Å². The third-order valence-corrected chi connectivity index (χ3v) is 4.90. The van der Waals surface area contributed by atoms with Crippen LogP contribution in [0.15, 0.2) is 67.0 Å². The summed E-state index contributed by atoms with van der Waals surface area (Å²) in [6.07, 6.45) is 3.25. The Morgan fingerprint density at radius 1 is 1.13 bits per heavy atom. The molecular weight excluding hydrogens is 397 g/mol. The van der Waals surface area contributed by atoms with Crippen molar-refractivity contribution in [2.45, 2.75) is 13.5 Å². The van der Waals surface area contributed by atoms with E-state index in [0.717, 1.165) is 11.3 Å². The lowest BCUT2D eigenvalue weighted by molar-refractivity contribution is 0.0946. The number of pyridine rings is 1. The smallest absolute Gasteiger partial charge is 0.274 e. The van der Waals surface area contributed by atoms with Gasteiger partial charge in [0.2, 0.25) is 0 Å². The summed E-state index contributed by atoms with van der Waals surface area (Å²) in [5.74, 6) is -0.0204. The van der Waals surface area contributed by atoms with E-state index >= 15 is 0 Å². The van der Waals surface area contributed by atoms with Gasteiger partial charge >= 0.3 is 0 Å². The van der Waals surface area contributed by atoms with Crippen molar-refractivity contribution in [3.63, 3.8) is 0 Å². The van der Waals surface area contributed by atoms with Gasteiger partial charge in [-0.2, -0.15) is 0 Å². The molecule has 1 N–H and O–H groups in total. The second-order valence-electron chi connectivity index (χ2n) is 6.85. The van der Waals surface area contributed by atoms with Gasteiger partial charge < -0.3 is 10.1 Å². The third-order valence-electron chi connectivity index (χ3n) is 4.90. The number of hydrogen-bond donors (Lipinski definition) is 1. The summed E-state index contributed by atoms with van der Waals surface area (Å²) in [5, 5.41) is 11.1. The minimum absolute atomic E-state index is 0.130. The van der Waals surface area contributed by atoms with Crippen LogP contribution < -0.4 is 10.1 Å². The Morgan fingerprint density at radius 2 is 1.94 bits per heavy atom. The van der Waals surface area contributed by atoms with Crippen LogP contribution >= 0.6 is 0 Å². The summed E-state index contributed by atoms with van der Waals surface area (Å²) < 4.78 is 20.8. The van der Waals surface area contributed by atoms with Crippen LogP contribution in [0.3, 0.4) is 0 Å². The monoisotopic (exact) mass is 417 g/mol. The van der Waals surface area contributed by atoms with Crippen LogP contribution in [-0.4, -0.2) is 33.0 Å². The lowest BCUT2D eigenvalue weighted by Gasteiger charge is -2.11. The number of aromatic nitrogens is 4. The van der Waals surface area contributed by atoms with Gasteiger partial charge in [-0.15, -0.1) is 5.10 Å². The van der Waals surface area contributed by atoms with E-state index in [4.69, 9.17) is 4.74 Å². The molecule has 0 bridgehead atoms. The molecule has 2 aromatic heterocycles. The summed E-state index contributed by atoms with van der Waals surface area (Å²) in [5.41, 5.74) is 3.03. The second-order valence-corrected chi connectivity index (χ2v) is 6.85. The number of hydrogen-bond acceptors (Lipinski definition) is 5. The third kappa shape index (κ3) is 4.13. The van der Waals surface area contributed by atoms with Gasteiger partial charge in [-0.1, -0.05) is 23.4 Å². The largest absolute Gasteiger partial charge is 0.497 e. The van der Waals surface area contributed by atoms with Crippen molar-refractivity contribution in [1.29, 1.82) is 0 Å². The van der Waals surface area contributed by atoms with Gasteiger partial charge in [-0.25, -0.2) is 9.07 Å². The molecule has 0 aliphatic carbocycles. The first kappa shape index (κ1) is 20.2. The van der Waals surface area contributed by atoms with Gasteiger partial charge in [0.25, 0.3) is 5.91 Å². The number of ether oxygens (including phenoxy) is 1. The first-order chi connectivity index (χ1) is 15.1. The van der Waals surface area contributed by atoms with Crippen molar-refractivity contribution < 1.29 is 13.9 Å². The lowest BCUT2D eigenvalue weighted by Crippen LogP contribution is -2.24. The van der Waals surface area contributed by atoms with Gasteiger partial charge in [0.15, 0.2) is 5.69 Å². The minimum atomic E-state index is -0.394. The van der Waals surface area contributed by atoms with E-state index in [1.165, 1.54) is 10.7 Å². The second kappa shape index (κ2) is 8.74. The van der Waals surface area contributed by atoms with E-state index in [2.05, 4.69) is 20.6 Å². The summed E-state index contributed by atoms with van der Waals surface area (Å²) in [6.45, 7) is 1.96. The van der Waals surface area contributed by atoms with E-state index in [1.54, 1.807) is 50.7 Å². The normalized spacial score (nSPS) is 10.7. The van der Waals surface area contributed by atoms with Crippen LogP contribution in [0.4, 0.5) is 4.39 Å². The highest BCUT2D eigenvalue weighted by Crippen LogP contribution is 2.27. The number of benzene rings is 2. The van der Waals surface area contributed by atoms with Gasteiger partial charge in [0.05, 0.1) is 12.8 Å². The fourth-order valence-electron chi connectivity index (χ4n) is 3.20. The predicted molar refractivity (Wildman–Crippen MR) is 113 cm³/mol. The highest BCUT2D eigenvalue weighted by atomic mass is 19.1. The van der Waals surface area contributed by atoms with Crippen LogP contribution in [-0.2, 0) is 6.54 Å². The number of amides is 1. The standard InChI is InChI=1S/C23H20FN5O2/c1-15-19(24)6-3-7-20(15)29-22(17-5-4-12-25-14-17)21(27-28-29)23(30)26-13-16-8-10-18(31-2)11-9-16/h3-12,14H,13H2,1-2H3,(H,26,30). The minimum Gasteiger partial charge on any atom is -0.497 e. The molecule has 2 heterocycles. The lowest BCUT2D eigenvalue weighted by atomic mass is 10.1. The zero-order valence-electron chi connectivity index (χ0n) is 17.0. The summed E-state index contributed by atoms with van der Waals surface area (Å²) in [4.78, 5) is 17.1. The Labute approximate surface area is 178 Å². The molecule has 1 amide bonds. The molecule has 31 heavy (non-hydrogen) atoms. The molecule has 0 atom stereocenters. The van der Waals surface area contributed by atoms with Crippen LogP contribution in [0, 0.1) is 12.7 Å². The number of methoxy groups -OCH3 is 1. The van der Waals surface area contributed by atoms with E-state index < -0.39 is 5.91 Å². The average molecular weight is 417 g/mol. The zero-order chi connectivity index (χ0) is 21.8. The molecule has 156 valence electrons. The predicted octanol–water partition coefficient (Wildman–Crippen LogP) is 3.72. The van der Waals surface area contributed by atoms with Gasteiger partial charge in [-0.05, 0) is 48.9 Å². The van der Waals surface area contributed by atoms with Gasteiger partial charge in [0.1, 0.15) is 17.3 Å². The molecular formula is C23H20FN5O2. The summed E-state index contributed by atoms with van der Waals surface area (Å²) in [6, 6.07) is 15.6. The van der Waals surface area contributed by atoms with Crippen LogP contribution in [0.2, 0.25) is 0 Å². The number of carbonyl (C=O) groups excluding carboxylic acids is 1. The fourth-order valence-corrected chi connectivity index (χ4v) is 3.20. The van der Waals surface area contributed by atoms with E-state index in [1.807, 2.05) is 24.3 Å². The van der Waals surface area contributed by atoms with E-state index in [9.17, 15) is 9.18 Å². The van der Waals surface area contributed by atoms with Crippen LogP contribution in [0.25, 0.3) is 16.9 Å². The first-order valence-electron chi connectivity index (χ1n) is 9.61. The molecule has 0 aliphatic heterocycles. The summed E-state index contributed by atoms with van der Waals surface area (Å²) >= 11 is 0. The molecule has 0 unspecified atom stereocenters. The molecule has 0 spiro atoms. The van der Waals surface area contributed by atoms with E-state index in [0.29, 0.717) is 29.1 Å². The molecule has 0 saturated heterocycles. The number of nitrogens with zero attached hydrogens (tertiary/aromatic N) is 4. The topological polar surface area (TPSA) is 81.9 Å². The fraction of sp³-hybridized carbons (Fsp3) is 0.130. The van der Waals surface area contributed by atoms with Gasteiger partial charge in [0, 0.05) is 30.1 Å². The quantitative estimate of drug-likeness (QED) is 0.517. The molecule has 0 aliphatic rings. The summed E-state index contributed by atoms with van der Waals surface area (Å²) in [7, 11) is 1.60. The maximum Gasteiger partial charge on any atom is 0.274 e. The van der Waals surface area contributed by atoms with Crippen molar-refractivity contribution in [3.05, 3.63) is 89.6 Å². The Morgan fingerprint density at radius 3 is 2.65 bits per heavy atom. The van der Waals surface area contributed by atoms with Crippen molar-refractivity contribution in [2.75, 3.05) is 7.11 Å². The number of rotatable bonds is 6. The molecule has 0 radical (unpaired) electrons. The molecule has 8 heteroatoms. The van der Waals surface area contributed by atoms with Gasteiger partial charge in [-0.3, -0.25) is 9.78 Å². The molecule has 7 nitrogen and oxygen atoms in total. The van der Waals surface area contributed by atoms with Crippen LogP contribution in [0.1, 0.15) is 21.6 Å². The number of carbonyl (C=O) groups is 1. The zero-order valence-corrected chi connectivity index (χ0v) is 17.0. The Bertz CT molecular complexity index is 1210. The molecule has 4 rings (SSSR count).